The van der Waals surface area contributed by atoms with Crippen LogP contribution in [0.2, 0.25) is 0 Å². The summed E-state index contributed by atoms with van der Waals surface area (Å²) in [5.41, 5.74) is 1.31. The highest BCUT2D eigenvalue weighted by Gasteiger charge is 2.53. The first-order valence-corrected chi connectivity index (χ1v) is 13.2. The lowest BCUT2D eigenvalue weighted by atomic mass is 9.82. The normalized spacial score (nSPS) is 20.9. The summed E-state index contributed by atoms with van der Waals surface area (Å²) < 4.78 is 0. The third kappa shape index (κ3) is 4.89. The number of non-ortho nitro benzene ring substituents is 1. The number of rotatable bonds is 8. The van der Waals surface area contributed by atoms with Gasteiger partial charge in [0.1, 0.15) is 0 Å². The largest absolute Gasteiger partial charge is 0.394 e. The lowest BCUT2D eigenvalue weighted by molar-refractivity contribution is -0.385. The number of fused-ring (bicyclic) bond motifs is 2. The summed E-state index contributed by atoms with van der Waals surface area (Å²) in [5, 5.41) is 33.3. The number of nitro benzene ring substituents is 1. The average Bonchev–Trinajstić information content (AvgIpc) is 3.18. The summed E-state index contributed by atoms with van der Waals surface area (Å²) in [5.74, 6) is -1.54. The fourth-order valence-corrected chi connectivity index (χ4v) is 5.64. The van der Waals surface area contributed by atoms with Gasteiger partial charge in [-0.25, -0.2) is 0 Å². The molecule has 0 aromatic heterocycles. The number of carbonyl (C=O) groups excluding carboxylic acids is 2. The number of amides is 2. The van der Waals surface area contributed by atoms with Crippen LogP contribution in [-0.2, 0) is 34.7 Å². The molecule has 2 aliphatic heterocycles. The van der Waals surface area contributed by atoms with E-state index in [2.05, 4.69) is 0 Å². The van der Waals surface area contributed by atoms with Crippen molar-refractivity contribution in [3.8, 4) is 0 Å². The third-order valence-corrected chi connectivity index (χ3v) is 7.91. The maximum Gasteiger partial charge on any atom is 0.269 e. The number of benzene rings is 3. The van der Waals surface area contributed by atoms with Crippen LogP contribution < -0.4 is 4.90 Å². The van der Waals surface area contributed by atoms with E-state index in [-0.39, 0.29) is 42.8 Å². The monoisotopic (exact) mass is 541 g/mol. The number of hydrogen-bond acceptors (Lipinski definition) is 6. The van der Waals surface area contributed by atoms with Crippen LogP contribution in [0.5, 0.6) is 0 Å². The van der Waals surface area contributed by atoms with Gasteiger partial charge in [0.05, 0.1) is 29.8 Å². The SMILES string of the molecule is C[C@@H](/C=C/CC(=O)N1Cc2ccccc2C[C@H]1CO)[C@]1(O)C(=O)N(Cc2ccccc2)c2ccc([N+](=O)[O-])cc21. The molecule has 2 aliphatic rings. The lowest BCUT2D eigenvalue weighted by Crippen LogP contribution is -2.46. The molecular formula is C31H31N3O6. The van der Waals surface area contributed by atoms with Crippen molar-refractivity contribution in [1.29, 1.82) is 0 Å². The van der Waals surface area contributed by atoms with Crippen LogP contribution >= 0.6 is 0 Å². The topological polar surface area (TPSA) is 124 Å². The third-order valence-electron chi connectivity index (χ3n) is 7.91. The minimum Gasteiger partial charge on any atom is -0.394 e. The van der Waals surface area contributed by atoms with Gasteiger partial charge in [-0.15, -0.1) is 0 Å². The Bertz CT molecular complexity index is 1470. The summed E-state index contributed by atoms with van der Waals surface area (Å²) >= 11 is 0. The number of anilines is 1. The van der Waals surface area contributed by atoms with Crippen molar-refractivity contribution in [3.05, 3.63) is 117 Å². The highest BCUT2D eigenvalue weighted by molar-refractivity contribution is 6.07. The number of carbonyl (C=O) groups is 2. The van der Waals surface area contributed by atoms with E-state index in [1.54, 1.807) is 24.0 Å². The van der Waals surface area contributed by atoms with Gasteiger partial charge in [-0.05, 0) is 29.2 Å². The van der Waals surface area contributed by atoms with Crippen molar-refractivity contribution in [2.45, 2.75) is 44.5 Å². The van der Waals surface area contributed by atoms with Crippen LogP contribution in [0.4, 0.5) is 11.4 Å². The first-order valence-electron chi connectivity index (χ1n) is 13.2. The Morgan fingerprint density at radius 1 is 1.12 bits per heavy atom. The molecule has 0 unspecified atom stereocenters. The molecule has 2 N–H and O–H groups in total. The van der Waals surface area contributed by atoms with Crippen LogP contribution in [0.15, 0.2) is 84.9 Å². The van der Waals surface area contributed by atoms with E-state index in [1.165, 1.54) is 23.1 Å². The minimum absolute atomic E-state index is 0.0167. The van der Waals surface area contributed by atoms with Crippen molar-refractivity contribution >= 4 is 23.2 Å². The maximum absolute atomic E-state index is 13.7. The Morgan fingerprint density at radius 3 is 2.52 bits per heavy atom. The number of nitrogens with zero attached hydrogens (tertiary/aromatic N) is 3. The maximum atomic E-state index is 13.7. The summed E-state index contributed by atoms with van der Waals surface area (Å²) in [6.07, 6.45) is 3.81. The van der Waals surface area contributed by atoms with Gasteiger partial charge in [0.25, 0.3) is 11.6 Å². The van der Waals surface area contributed by atoms with Gasteiger partial charge in [0.2, 0.25) is 5.91 Å². The number of aliphatic hydroxyl groups is 2. The number of hydrogen-bond donors (Lipinski definition) is 2. The molecular weight excluding hydrogens is 510 g/mol. The van der Waals surface area contributed by atoms with Crippen LogP contribution in [0.1, 0.15) is 35.6 Å². The lowest BCUT2D eigenvalue weighted by Gasteiger charge is -2.36. The van der Waals surface area contributed by atoms with Crippen LogP contribution in [0.3, 0.4) is 0 Å². The van der Waals surface area contributed by atoms with Gasteiger partial charge in [-0.1, -0.05) is 73.7 Å². The molecule has 9 nitrogen and oxygen atoms in total. The second-order valence-electron chi connectivity index (χ2n) is 10.4. The van der Waals surface area contributed by atoms with Crippen molar-refractivity contribution < 1.29 is 24.7 Å². The van der Waals surface area contributed by atoms with Crippen molar-refractivity contribution in [1.82, 2.24) is 4.90 Å². The van der Waals surface area contributed by atoms with Gasteiger partial charge < -0.3 is 20.0 Å². The van der Waals surface area contributed by atoms with Crippen molar-refractivity contribution in [3.63, 3.8) is 0 Å². The van der Waals surface area contributed by atoms with Crippen molar-refractivity contribution in [2.75, 3.05) is 11.5 Å². The van der Waals surface area contributed by atoms with E-state index in [0.29, 0.717) is 18.7 Å². The molecule has 2 heterocycles. The molecule has 0 saturated heterocycles. The van der Waals surface area contributed by atoms with E-state index < -0.39 is 22.3 Å². The molecule has 0 saturated carbocycles. The molecule has 206 valence electrons. The van der Waals surface area contributed by atoms with E-state index in [1.807, 2.05) is 54.6 Å². The molecule has 40 heavy (non-hydrogen) atoms. The van der Waals surface area contributed by atoms with E-state index in [4.69, 9.17) is 0 Å². The van der Waals surface area contributed by atoms with Crippen LogP contribution in [-0.4, -0.2) is 44.5 Å². The molecule has 3 aromatic carbocycles. The Labute approximate surface area is 232 Å². The number of aliphatic hydroxyl groups excluding tert-OH is 1. The highest BCUT2D eigenvalue weighted by atomic mass is 16.6. The first-order chi connectivity index (χ1) is 19.2. The Morgan fingerprint density at radius 2 is 1.82 bits per heavy atom. The summed E-state index contributed by atoms with van der Waals surface area (Å²) in [7, 11) is 0. The molecule has 3 atom stereocenters. The van der Waals surface area contributed by atoms with E-state index >= 15 is 0 Å². The second kappa shape index (κ2) is 11.0. The summed E-state index contributed by atoms with van der Waals surface area (Å²) in [6, 6.07) is 20.9. The Hall–Kier alpha value is -4.34. The second-order valence-corrected chi connectivity index (χ2v) is 10.4. The van der Waals surface area contributed by atoms with Gasteiger partial charge in [-0.2, -0.15) is 0 Å². The van der Waals surface area contributed by atoms with Gasteiger partial charge >= 0.3 is 0 Å². The first kappa shape index (κ1) is 27.2. The molecule has 0 spiro atoms. The molecule has 3 aromatic rings. The van der Waals surface area contributed by atoms with E-state index in [0.717, 1.165) is 16.7 Å². The summed E-state index contributed by atoms with van der Waals surface area (Å²) in [4.78, 5) is 40.9. The predicted molar refractivity (Wildman–Crippen MR) is 149 cm³/mol. The molecule has 0 bridgehead atoms. The zero-order valence-electron chi connectivity index (χ0n) is 22.1. The molecule has 0 radical (unpaired) electrons. The van der Waals surface area contributed by atoms with E-state index in [9.17, 15) is 29.9 Å². The molecule has 5 rings (SSSR count). The molecule has 9 heteroatoms. The van der Waals surface area contributed by atoms with Gasteiger partial charge in [0.15, 0.2) is 5.60 Å². The van der Waals surface area contributed by atoms with Crippen LogP contribution in [0, 0.1) is 16.0 Å². The Kier molecular flexibility index (Phi) is 7.51. The fourth-order valence-electron chi connectivity index (χ4n) is 5.64. The average molecular weight is 542 g/mol. The van der Waals surface area contributed by atoms with Gasteiger partial charge in [-0.3, -0.25) is 19.7 Å². The molecule has 0 fully saturated rings. The minimum atomic E-state index is -2.05. The summed E-state index contributed by atoms with van der Waals surface area (Å²) in [6.45, 7) is 2.10. The molecule has 2 amide bonds. The number of nitro groups is 1. The fraction of sp³-hybridized carbons (Fsp3) is 0.290. The smallest absolute Gasteiger partial charge is 0.269 e. The quantitative estimate of drug-likeness (QED) is 0.254. The zero-order valence-corrected chi connectivity index (χ0v) is 22.1. The van der Waals surface area contributed by atoms with Crippen molar-refractivity contribution in [2.24, 2.45) is 5.92 Å². The predicted octanol–water partition coefficient (Wildman–Crippen LogP) is 3.86. The zero-order chi connectivity index (χ0) is 28.4. The Balaban J connectivity index is 1.38. The molecule has 0 aliphatic carbocycles. The van der Waals surface area contributed by atoms with Crippen LogP contribution in [0.25, 0.3) is 0 Å². The van der Waals surface area contributed by atoms with Gasteiger partial charge in [0, 0.05) is 36.6 Å². The highest BCUT2D eigenvalue weighted by Crippen LogP contribution is 2.47. The standard InChI is InChI=1S/C31H31N3O6/c1-21(8-7-13-29(36)32-19-24-12-6-5-11-23(24)16-26(32)20-35)31(38)27-17-25(34(39)40)14-15-28(27)33(30(31)37)18-22-9-3-2-4-10-22/h2-12,14-15,17,21,26,35,38H,13,16,18-20H2,1H3/b8-7+/t21-,26-,31+/m0/s1.